The molecule has 0 radical (unpaired) electrons. The highest BCUT2D eigenvalue weighted by atomic mass is 16.5. The Bertz CT molecular complexity index is 410. The van der Waals surface area contributed by atoms with Gasteiger partial charge in [-0.1, -0.05) is 0 Å². The van der Waals surface area contributed by atoms with Gasteiger partial charge in [-0.05, 0) is 44.9 Å². The highest BCUT2D eigenvalue weighted by Crippen LogP contribution is 2.19. The van der Waals surface area contributed by atoms with Gasteiger partial charge in [0.1, 0.15) is 0 Å². The van der Waals surface area contributed by atoms with Gasteiger partial charge in [0, 0.05) is 13.2 Å². The van der Waals surface area contributed by atoms with E-state index in [-0.39, 0.29) is 0 Å². The Morgan fingerprint density at radius 2 is 2.17 bits per heavy atom. The van der Waals surface area contributed by atoms with Gasteiger partial charge in [-0.3, -0.25) is 0 Å². The van der Waals surface area contributed by atoms with Gasteiger partial charge >= 0.3 is 0 Å². The van der Waals surface area contributed by atoms with Crippen molar-refractivity contribution in [1.82, 2.24) is 0 Å². The Kier molecular flexibility index (Phi) is 6.03. The lowest BCUT2D eigenvalue weighted by molar-refractivity contribution is 0.0765. The third-order valence-corrected chi connectivity index (χ3v) is 2.52. The first-order valence-electron chi connectivity index (χ1n) is 6.28. The summed E-state index contributed by atoms with van der Waals surface area (Å²) >= 11 is 0. The maximum Gasteiger partial charge on any atom is 0.0992 e. The molecule has 4 heteroatoms. The van der Waals surface area contributed by atoms with E-state index < -0.39 is 0 Å². The Labute approximate surface area is 109 Å². The number of unbranched alkanes of at least 4 members (excludes halogenated alkanes) is 1. The van der Waals surface area contributed by atoms with Crippen molar-refractivity contribution in [2.75, 3.05) is 24.2 Å². The Hall–Kier alpha value is -1.73. The summed E-state index contributed by atoms with van der Waals surface area (Å²) in [5.74, 6) is 0. The van der Waals surface area contributed by atoms with Crippen LogP contribution >= 0.6 is 0 Å². The van der Waals surface area contributed by atoms with Gasteiger partial charge in [0.15, 0.2) is 0 Å². The summed E-state index contributed by atoms with van der Waals surface area (Å²) in [6.45, 7) is 5.73. The molecule has 18 heavy (non-hydrogen) atoms. The van der Waals surface area contributed by atoms with Gasteiger partial charge in [-0.2, -0.15) is 5.26 Å². The van der Waals surface area contributed by atoms with E-state index in [9.17, 15) is 0 Å². The summed E-state index contributed by atoms with van der Waals surface area (Å²) in [6.07, 6.45) is 2.36. The van der Waals surface area contributed by atoms with Crippen molar-refractivity contribution in [2.45, 2.75) is 32.8 Å². The van der Waals surface area contributed by atoms with Crippen LogP contribution in [-0.2, 0) is 4.74 Å². The number of nitrogens with zero attached hydrogens (tertiary/aromatic N) is 1. The number of nitrogens with one attached hydrogen (secondary N) is 1. The van der Waals surface area contributed by atoms with Gasteiger partial charge in [0.2, 0.25) is 0 Å². The fourth-order valence-corrected chi connectivity index (χ4v) is 1.56. The van der Waals surface area contributed by atoms with Crippen molar-refractivity contribution < 1.29 is 4.74 Å². The number of anilines is 2. The average Bonchev–Trinajstić information content (AvgIpc) is 2.34. The number of hydrogen-bond donors (Lipinski definition) is 2. The van der Waals surface area contributed by atoms with Crippen LogP contribution in [-0.4, -0.2) is 19.3 Å². The molecule has 0 aliphatic rings. The molecule has 0 spiro atoms. The summed E-state index contributed by atoms with van der Waals surface area (Å²) in [5.41, 5.74) is 7.93. The lowest BCUT2D eigenvalue weighted by atomic mass is 10.2. The zero-order valence-electron chi connectivity index (χ0n) is 11.1. The standard InChI is InChI=1S/C14H21N3O/c1-11(2)18-8-4-3-7-17-14-6-5-12(10-15)9-13(14)16/h5-6,9,11,17H,3-4,7-8,16H2,1-2H3. The quantitative estimate of drug-likeness (QED) is 0.574. The second-order valence-electron chi connectivity index (χ2n) is 4.47. The van der Waals surface area contributed by atoms with Crippen LogP contribution in [0.3, 0.4) is 0 Å². The van der Waals surface area contributed by atoms with Crippen LogP contribution in [0.2, 0.25) is 0 Å². The highest BCUT2D eigenvalue weighted by molar-refractivity contribution is 5.68. The van der Waals surface area contributed by atoms with E-state index in [0.29, 0.717) is 17.4 Å². The molecule has 0 atom stereocenters. The fraction of sp³-hybridized carbons (Fsp3) is 0.500. The number of nitriles is 1. The molecule has 1 rings (SSSR count). The number of hydrogen-bond acceptors (Lipinski definition) is 4. The van der Waals surface area contributed by atoms with Crippen molar-refractivity contribution in [3.63, 3.8) is 0 Å². The van der Waals surface area contributed by atoms with Crippen molar-refractivity contribution >= 4 is 11.4 Å². The number of benzene rings is 1. The number of ether oxygens (including phenoxy) is 1. The summed E-state index contributed by atoms with van der Waals surface area (Å²) < 4.78 is 5.46. The van der Waals surface area contributed by atoms with Crippen LogP contribution in [0.4, 0.5) is 11.4 Å². The Morgan fingerprint density at radius 3 is 2.78 bits per heavy atom. The molecule has 0 aliphatic heterocycles. The Morgan fingerprint density at radius 1 is 1.39 bits per heavy atom. The molecule has 0 bridgehead atoms. The molecule has 1 aromatic carbocycles. The van der Waals surface area contributed by atoms with Gasteiger partial charge in [0.25, 0.3) is 0 Å². The first-order valence-corrected chi connectivity index (χ1v) is 6.28. The molecule has 0 aromatic heterocycles. The van der Waals surface area contributed by atoms with Crippen LogP contribution in [0.1, 0.15) is 32.3 Å². The van der Waals surface area contributed by atoms with Crippen LogP contribution in [0.25, 0.3) is 0 Å². The van der Waals surface area contributed by atoms with Crippen molar-refractivity contribution in [1.29, 1.82) is 5.26 Å². The van der Waals surface area contributed by atoms with E-state index in [2.05, 4.69) is 11.4 Å². The van der Waals surface area contributed by atoms with E-state index in [1.807, 2.05) is 19.9 Å². The first kappa shape index (κ1) is 14.3. The van der Waals surface area contributed by atoms with Crippen LogP contribution in [0.15, 0.2) is 18.2 Å². The molecule has 0 saturated carbocycles. The van der Waals surface area contributed by atoms with E-state index in [0.717, 1.165) is 31.7 Å². The molecule has 0 saturated heterocycles. The SMILES string of the molecule is CC(C)OCCCCNc1ccc(C#N)cc1N. The molecule has 0 heterocycles. The fourth-order valence-electron chi connectivity index (χ4n) is 1.56. The smallest absolute Gasteiger partial charge is 0.0992 e. The van der Waals surface area contributed by atoms with Crippen molar-refractivity contribution in [2.24, 2.45) is 0 Å². The predicted octanol–water partition coefficient (Wildman–Crippen LogP) is 2.76. The van der Waals surface area contributed by atoms with E-state index in [1.165, 1.54) is 0 Å². The van der Waals surface area contributed by atoms with Crippen molar-refractivity contribution in [3.05, 3.63) is 23.8 Å². The molecule has 0 amide bonds. The van der Waals surface area contributed by atoms with Gasteiger partial charge in [0.05, 0.1) is 29.1 Å². The molecule has 4 nitrogen and oxygen atoms in total. The van der Waals surface area contributed by atoms with E-state index in [1.54, 1.807) is 12.1 Å². The molecule has 98 valence electrons. The largest absolute Gasteiger partial charge is 0.397 e. The highest BCUT2D eigenvalue weighted by Gasteiger charge is 2.00. The lowest BCUT2D eigenvalue weighted by Gasteiger charge is -2.10. The second-order valence-corrected chi connectivity index (χ2v) is 4.47. The topological polar surface area (TPSA) is 71.1 Å². The zero-order valence-corrected chi connectivity index (χ0v) is 11.1. The predicted molar refractivity (Wildman–Crippen MR) is 74.4 cm³/mol. The van der Waals surface area contributed by atoms with E-state index >= 15 is 0 Å². The normalized spacial score (nSPS) is 10.3. The third-order valence-electron chi connectivity index (χ3n) is 2.52. The molecule has 0 fully saturated rings. The number of nitrogens with two attached hydrogens (primary N) is 1. The van der Waals surface area contributed by atoms with Gasteiger partial charge in [-0.15, -0.1) is 0 Å². The van der Waals surface area contributed by atoms with E-state index in [4.69, 9.17) is 15.7 Å². The average molecular weight is 247 g/mol. The molecule has 0 unspecified atom stereocenters. The van der Waals surface area contributed by atoms with Gasteiger partial charge < -0.3 is 15.8 Å². The van der Waals surface area contributed by atoms with Crippen LogP contribution in [0.5, 0.6) is 0 Å². The minimum absolute atomic E-state index is 0.298. The summed E-state index contributed by atoms with van der Waals surface area (Å²) in [7, 11) is 0. The maximum atomic E-state index is 8.73. The minimum atomic E-state index is 0.298. The van der Waals surface area contributed by atoms with Crippen molar-refractivity contribution in [3.8, 4) is 6.07 Å². The minimum Gasteiger partial charge on any atom is -0.397 e. The monoisotopic (exact) mass is 247 g/mol. The molecule has 1 aromatic rings. The molecule has 3 N–H and O–H groups in total. The van der Waals surface area contributed by atoms with Crippen LogP contribution in [0, 0.1) is 11.3 Å². The third kappa shape index (κ3) is 5.07. The number of rotatable bonds is 7. The number of nitrogen functional groups attached to an aromatic ring is 1. The summed E-state index contributed by atoms with van der Waals surface area (Å²) in [4.78, 5) is 0. The maximum absolute atomic E-state index is 8.73. The summed E-state index contributed by atoms with van der Waals surface area (Å²) in [6, 6.07) is 7.36. The molecular weight excluding hydrogens is 226 g/mol. The van der Waals surface area contributed by atoms with Gasteiger partial charge in [-0.25, -0.2) is 0 Å². The zero-order chi connectivity index (χ0) is 13.4. The molecule has 0 aliphatic carbocycles. The van der Waals surface area contributed by atoms with Crippen LogP contribution < -0.4 is 11.1 Å². The second kappa shape index (κ2) is 7.57. The first-order chi connectivity index (χ1) is 8.63. The molecular formula is C14H21N3O. The lowest BCUT2D eigenvalue weighted by Crippen LogP contribution is -2.08. The Balaban J connectivity index is 2.25. The summed E-state index contributed by atoms with van der Waals surface area (Å²) in [5, 5.41) is 12.0.